The van der Waals surface area contributed by atoms with Crippen LogP contribution in [0.1, 0.15) is 5.56 Å². The highest BCUT2D eigenvalue weighted by Crippen LogP contribution is 2.37. The summed E-state index contributed by atoms with van der Waals surface area (Å²) in [7, 11) is 1.15. The van der Waals surface area contributed by atoms with Gasteiger partial charge in [-0.25, -0.2) is 4.79 Å². The fourth-order valence-corrected chi connectivity index (χ4v) is 3.11. The molecule has 0 atom stereocenters. The maximum absolute atomic E-state index is 14.2. The van der Waals surface area contributed by atoms with E-state index < -0.39 is 28.3 Å². The molecule has 2 N–H and O–H groups in total. The molecule has 1 aromatic carbocycles. The van der Waals surface area contributed by atoms with Gasteiger partial charge >= 0.3 is 11.7 Å². The number of aliphatic hydroxyl groups excluding tert-OH is 1. The number of nitro benzene ring substituents is 1. The molecule has 1 amide bonds. The Bertz CT molecular complexity index is 826. The molecule has 26 heavy (non-hydrogen) atoms. The number of aryl methyl sites for hydroxylation is 1. The van der Waals surface area contributed by atoms with Gasteiger partial charge in [0.15, 0.2) is 0 Å². The molecule has 0 saturated heterocycles. The minimum absolute atomic E-state index is 0.000712. The highest BCUT2D eigenvalue weighted by atomic mass is 79.9. The Kier molecular flexibility index (Phi) is 5.93. The van der Waals surface area contributed by atoms with E-state index in [-0.39, 0.29) is 46.7 Å². The summed E-state index contributed by atoms with van der Waals surface area (Å²) in [6, 6.07) is 1.02. The predicted octanol–water partition coefficient (Wildman–Crippen LogP) is 1.48. The number of esters is 1. The first-order valence-electron chi connectivity index (χ1n) is 7.34. The van der Waals surface area contributed by atoms with Crippen LogP contribution in [0.15, 0.2) is 21.8 Å². The number of aliphatic hydroxyl groups is 1. The van der Waals surface area contributed by atoms with Crippen molar-refractivity contribution in [3.63, 3.8) is 0 Å². The Morgan fingerprint density at radius 1 is 1.58 bits per heavy atom. The number of ether oxygens (including phenoxy) is 1. The molecule has 0 bridgehead atoms. The number of benzene rings is 1. The zero-order valence-electron chi connectivity index (χ0n) is 13.8. The molecular formula is C15H15BrFN3O6. The molecule has 9 nitrogen and oxygen atoms in total. The van der Waals surface area contributed by atoms with Crippen molar-refractivity contribution in [3.8, 4) is 0 Å². The number of halogens is 2. The molecule has 140 valence electrons. The largest absolute Gasteiger partial charge is 0.466 e. The molecular weight excluding hydrogens is 417 g/mol. The van der Waals surface area contributed by atoms with E-state index in [2.05, 4.69) is 26.0 Å². The van der Waals surface area contributed by atoms with E-state index in [9.17, 15) is 24.1 Å². The Hall–Kier alpha value is -2.53. The van der Waals surface area contributed by atoms with Crippen molar-refractivity contribution in [2.75, 3.05) is 32.1 Å². The molecule has 0 aliphatic carbocycles. The molecule has 1 aliphatic rings. The molecule has 0 fully saturated rings. The van der Waals surface area contributed by atoms with Crippen molar-refractivity contribution in [3.05, 3.63) is 43.3 Å². The van der Waals surface area contributed by atoms with Crippen LogP contribution in [0, 0.1) is 22.9 Å². The summed E-state index contributed by atoms with van der Waals surface area (Å²) in [5, 5.41) is 22.6. The molecule has 1 aromatic rings. The summed E-state index contributed by atoms with van der Waals surface area (Å²) in [5.74, 6) is -2.44. The van der Waals surface area contributed by atoms with Gasteiger partial charge in [-0.15, -0.1) is 0 Å². The van der Waals surface area contributed by atoms with E-state index in [4.69, 9.17) is 5.11 Å². The Morgan fingerprint density at radius 3 is 2.77 bits per heavy atom. The van der Waals surface area contributed by atoms with E-state index in [1.807, 2.05) is 0 Å². The van der Waals surface area contributed by atoms with Gasteiger partial charge in [0, 0.05) is 12.6 Å². The predicted molar refractivity (Wildman–Crippen MR) is 91.8 cm³/mol. The number of rotatable bonds is 6. The number of β-amino-alcohol motifs (C(OH)–C–C–N with tert-alkyl or cyclic N) is 1. The van der Waals surface area contributed by atoms with Crippen LogP contribution in [0.2, 0.25) is 0 Å². The third kappa shape index (κ3) is 3.53. The SMILES string of the molecule is COC(=O)C1=C(Nc2c(C)cc([N+](=O)[O-])c(F)c2Br)C(=O)N(CCO)C1. The molecule has 11 heteroatoms. The van der Waals surface area contributed by atoms with Crippen LogP contribution in [-0.2, 0) is 14.3 Å². The van der Waals surface area contributed by atoms with Crippen LogP contribution in [0.5, 0.6) is 0 Å². The lowest BCUT2D eigenvalue weighted by molar-refractivity contribution is -0.387. The number of methoxy groups -OCH3 is 1. The molecule has 0 saturated carbocycles. The third-order valence-electron chi connectivity index (χ3n) is 3.78. The normalized spacial score (nSPS) is 14.0. The fraction of sp³-hybridized carbons (Fsp3) is 0.333. The van der Waals surface area contributed by atoms with Crippen molar-refractivity contribution >= 4 is 39.2 Å². The second-order valence-corrected chi connectivity index (χ2v) is 6.19. The van der Waals surface area contributed by atoms with Crippen LogP contribution < -0.4 is 5.32 Å². The second kappa shape index (κ2) is 7.79. The molecule has 2 rings (SSSR count). The minimum atomic E-state index is -1.11. The Balaban J connectivity index is 2.51. The average molecular weight is 432 g/mol. The van der Waals surface area contributed by atoms with Crippen LogP contribution in [0.25, 0.3) is 0 Å². The third-order valence-corrected chi connectivity index (χ3v) is 4.53. The number of hydrogen-bond acceptors (Lipinski definition) is 7. The number of nitrogens with one attached hydrogen (secondary N) is 1. The molecule has 0 unspecified atom stereocenters. The lowest BCUT2D eigenvalue weighted by Crippen LogP contribution is -2.31. The van der Waals surface area contributed by atoms with Crippen molar-refractivity contribution in [2.45, 2.75) is 6.92 Å². The fourth-order valence-electron chi connectivity index (χ4n) is 2.50. The van der Waals surface area contributed by atoms with Gasteiger partial charge in [0.05, 0.1) is 40.9 Å². The minimum Gasteiger partial charge on any atom is -0.466 e. The highest BCUT2D eigenvalue weighted by Gasteiger charge is 2.35. The lowest BCUT2D eigenvalue weighted by Gasteiger charge is -2.16. The molecule has 0 aromatic heterocycles. The zero-order valence-corrected chi connectivity index (χ0v) is 15.4. The van der Waals surface area contributed by atoms with Crippen molar-refractivity contribution < 1.29 is 28.7 Å². The smallest absolute Gasteiger partial charge is 0.337 e. The van der Waals surface area contributed by atoms with E-state index in [0.717, 1.165) is 13.2 Å². The maximum Gasteiger partial charge on any atom is 0.337 e. The van der Waals surface area contributed by atoms with Gasteiger partial charge in [-0.1, -0.05) is 0 Å². The number of carbonyl (C=O) groups is 2. The molecule has 0 radical (unpaired) electrons. The van der Waals surface area contributed by atoms with Crippen LogP contribution in [0.4, 0.5) is 15.8 Å². The van der Waals surface area contributed by atoms with Gasteiger partial charge in [0.25, 0.3) is 5.91 Å². The standard InChI is InChI=1S/C15H15BrFN3O6/c1-7-5-9(20(24)25)11(17)10(16)12(7)18-13-8(15(23)26-2)6-19(3-4-21)14(13)22/h5,18,21H,3-4,6H2,1-2H3. The summed E-state index contributed by atoms with van der Waals surface area (Å²) in [4.78, 5) is 35.7. The monoisotopic (exact) mass is 431 g/mol. The number of nitro groups is 1. The highest BCUT2D eigenvalue weighted by molar-refractivity contribution is 9.10. The summed E-state index contributed by atoms with van der Waals surface area (Å²) in [6.07, 6.45) is 0. The van der Waals surface area contributed by atoms with E-state index >= 15 is 0 Å². The number of carbonyl (C=O) groups excluding carboxylic acids is 2. The van der Waals surface area contributed by atoms with E-state index in [1.165, 1.54) is 11.8 Å². The van der Waals surface area contributed by atoms with Crippen molar-refractivity contribution in [1.82, 2.24) is 4.90 Å². The van der Waals surface area contributed by atoms with Crippen LogP contribution >= 0.6 is 15.9 Å². The summed E-state index contributed by atoms with van der Waals surface area (Å²) in [5.41, 5.74) is -0.487. The number of nitrogens with zero attached hydrogens (tertiary/aromatic N) is 2. The van der Waals surface area contributed by atoms with Gasteiger partial charge in [-0.05, 0) is 28.4 Å². The first kappa shape index (κ1) is 19.8. The van der Waals surface area contributed by atoms with E-state index in [0.29, 0.717) is 0 Å². The average Bonchev–Trinajstić information content (AvgIpc) is 2.90. The Labute approximate surface area is 155 Å². The van der Waals surface area contributed by atoms with E-state index in [1.54, 1.807) is 0 Å². The van der Waals surface area contributed by atoms with Crippen molar-refractivity contribution in [1.29, 1.82) is 0 Å². The molecule has 0 spiro atoms. The number of hydrogen-bond donors (Lipinski definition) is 2. The quantitative estimate of drug-likeness (QED) is 0.397. The molecule has 1 heterocycles. The van der Waals surface area contributed by atoms with Gasteiger partial charge in [0.2, 0.25) is 5.82 Å². The zero-order chi connectivity index (χ0) is 19.6. The summed E-state index contributed by atoms with van der Waals surface area (Å²) >= 11 is 2.95. The van der Waals surface area contributed by atoms with Crippen LogP contribution in [0.3, 0.4) is 0 Å². The van der Waals surface area contributed by atoms with Gasteiger partial charge < -0.3 is 20.1 Å². The number of anilines is 1. The lowest BCUT2D eigenvalue weighted by atomic mass is 10.1. The van der Waals surface area contributed by atoms with Crippen molar-refractivity contribution in [2.24, 2.45) is 0 Å². The summed E-state index contributed by atoms with van der Waals surface area (Å²) < 4.78 is 18.6. The van der Waals surface area contributed by atoms with Gasteiger partial charge in [0.1, 0.15) is 5.70 Å². The van der Waals surface area contributed by atoms with Crippen LogP contribution in [-0.4, -0.2) is 53.6 Å². The number of amides is 1. The summed E-state index contributed by atoms with van der Waals surface area (Å²) in [6.45, 7) is 1.10. The first-order chi connectivity index (χ1) is 12.2. The van der Waals surface area contributed by atoms with Gasteiger partial charge in [-0.2, -0.15) is 4.39 Å². The topological polar surface area (TPSA) is 122 Å². The van der Waals surface area contributed by atoms with Gasteiger partial charge in [-0.3, -0.25) is 14.9 Å². The first-order valence-corrected chi connectivity index (χ1v) is 8.13. The maximum atomic E-state index is 14.2. The Morgan fingerprint density at radius 2 is 2.23 bits per heavy atom. The second-order valence-electron chi connectivity index (χ2n) is 5.39. The molecule has 1 aliphatic heterocycles.